The van der Waals surface area contributed by atoms with E-state index >= 15 is 0 Å². The second kappa shape index (κ2) is 11.4. The molecule has 0 bridgehead atoms. The van der Waals surface area contributed by atoms with E-state index in [2.05, 4.69) is 15.2 Å². The fourth-order valence-corrected chi connectivity index (χ4v) is 5.54. The summed E-state index contributed by atoms with van der Waals surface area (Å²) in [5.41, 5.74) is 3.89. The van der Waals surface area contributed by atoms with E-state index in [4.69, 9.17) is 13.8 Å². The average Bonchev–Trinajstić information content (AvgIpc) is 3.77. The normalized spacial score (nSPS) is 14.5. The third-order valence-electron chi connectivity index (χ3n) is 7.68. The number of hydrogen-bond acceptors (Lipinski definition) is 6. The molecule has 1 aliphatic rings. The third-order valence-corrected chi connectivity index (χ3v) is 7.68. The zero-order chi connectivity index (χ0) is 29.2. The Hall–Kier alpha value is -5.12. The number of anilines is 1. The molecule has 1 atom stereocenters. The molecule has 0 saturated heterocycles. The Morgan fingerprint density at radius 2 is 1.83 bits per heavy atom. The van der Waals surface area contributed by atoms with E-state index in [1.54, 1.807) is 55.8 Å². The summed E-state index contributed by atoms with van der Waals surface area (Å²) in [6.07, 6.45) is 9.05. The predicted octanol–water partition coefficient (Wildman–Crippen LogP) is 6.52. The Labute approximate surface area is 241 Å². The summed E-state index contributed by atoms with van der Waals surface area (Å²) in [5, 5.41) is 14.8. The average molecular weight is 567 g/mol. The Morgan fingerprint density at radius 3 is 2.57 bits per heavy atom. The van der Waals surface area contributed by atoms with E-state index in [0.29, 0.717) is 34.1 Å². The van der Waals surface area contributed by atoms with Crippen LogP contribution >= 0.6 is 0 Å². The highest BCUT2D eigenvalue weighted by molar-refractivity contribution is 6.03. The van der Waals surface area contributed by atoms with Crippen LogP contribution in [-0.2, 0) is 4.79 Å². The number of aromatic carboxylic acids is 1. The molecular weight excluding hydrogens is 536 g/mol. The van der Waals surface area contributed by atoms with Gasteiger partial charge in [0.25, 0.3) is 5.91 Å². The number of carbonyl (C=O) groups excluding carboxylic acids is 2. The highest BCUT2D eigenvalue weighted by atomic mass is 16.4. The van der Waals surface area contributed by atoms with Gasteiger partial charge in [-0.2, -0.15) is 0 Å². The van der Waals surface area contributed by atoms with Gasteiger partial charge in [-0.25, -0.2) is 9.78 Å². The molecule has 5 aromatic rings. The number of carbonyl (C=O) groups is 3. The van der Waals surface area contributed by atoms with Crippen molar-refractivity contribution >= 4 is 34.5 Å². The van der Waals surface area contributed by atoms with E-state index in [9.17, 15) is 19.5 Å². The standard InChI is InChI=1S/C32H30N4O6/c1-19(30(37)35-24-10-6-5-9-23(24)27-13-14-28(42-27)32(39)40)33-31(38)20-11-12-26-25(17-20)34-29(21-15-16-41-18-21)36(26)22-7-3-2-4-8-22/h5-6,9-19,22H,2-4,7-8H2,1H3,(H,33,38)(H,35,37)(H,39,40). The lowest BCUT2D eigenvalue weighted by atomic mass is 9.95. The third kappa shape index (κ3) is 5.30. The fourth-order valence-electron chi connectivity index (χ4n) is 5.54. The molecule has 214 valence electrons. The van der Waals surface area contributed by atoms with Crippen molar-refractivity contribution < 1.29 is 28.3 Å². The maximum Gasteiger partial charge on any atom is 0.371 e. The first-order chi connectivity index (χ1) is 20.4. The SMILES string of the molecule is CC(NC(=O)c1ccc2c(c1)nc(-c1ccoc1)n2C1CCCCC1)C(=O)Nc1ccccc1-c1ccc(C(=O)O)o1. The summed E-state index contributed by atoms with van der Waals surface area (Å²) in [6, 6.07) is 16.6. The maximum atomic E-state index is 13.2. The minimum atomic E-state index is -1.18. The lowest BCUT2D eigenvalue weighted by molar-refractivity contribution is -0.117. The van der Waals surface area contributed by atoms with Crippen LogP contribution in [0.5, 0.6) is 0 Å². The molecule has 1 unspecified atom stereocenters. The molecule has 0 spiro atoms. The summed E-state index contributed by atoms with van der Waals surface area (Å²) in [5.74, 6) is -1.11. The fraction of sp³-hybridized carbons (Fsp3) is 0.250. The summed E-state index contributed by atoms with van der Waals surface area (Å²) >= 11 is 0. The van der Waals surface area contributed by atoms with Crippen molar-refractivity contribution in [2.75, 3.05) is 5.32 Å². The summed E-state index contributed by atoms with van der Waals surface area (Å²) in [4.78, 5) is 42.4. The van der Waals surface area contributed by atoms with Crippen molar-refractivity contribution in [2.45, 2.75) is 51.1 Å². The molecule has 0 radical (unpaired) electrons. The van der Waals surface area contributed by atoms with Gasteiger partial charge in [-0.05, 0) is 68.3 Å². The lowest BCUT2D eigenvalue weighted by Gasteiger charge is -2.25. The van der Waals surface area contributed by atoms with Crippen molar-refractivity contribution in [3.63, 3.8) is 0 Å². The van der Waals surface area contributed by atoms with Gasteiger partial charge in [0, 0.05) is 17.2 Å². The number of imidazole rings is 1. The molecule has 42 heavy (non-hydrogen) atoms. The zero-order valence-electron chi connectivity index (χ0n) is 23.0. The van der Waals surface area contributed by atoms with E-state index in [-0.39, 0.29) is 5.76 Å². The van der Waals surface area contributed by atoms with E-state index in [1.807, 2.05) is 12.1 Å². The van der Waals surface area contributed by atoms with Gasteiger partial charge < -0.3 is 29.1 Å². The van der Waals surface area contributed by atoms with E-state index < -0.39 is 23.8 Å². The van der Waals surface area contributed by atoms with E-state index in [0.717, 1.165) is 29.7 Å². The number of fused-ring (bicyclic) bond motifs is 1. The Balaban J connectivity index is 1.20. The van der Waals surface area contributed by atoms with Crippen LogP contribution in [0, 0.1) is 0 Å². The maximum absolute atomic E-state index is 13.2. The molecule has 10 heteroatoms. The smallest absolute Gasteiger partial charge is 0.371 e. The van der Waals surface area contributed by atoms with Crippen LogP contribution in [0.1, 0.15) is 66.0 Å². The molecule has 3 heterocycles. The van der Waals surface area contributed by atoms with Crippen LogP contribution in [0.25, 0.3) is 33.7 Å². The minimum absolute atomic E-state index is 0.204. The highest BCUT2D eigenvalue weighted by Gasteiger charge is 2.24. The van der Waals surface area contributed by atoms with Crippen LogP contribution in [0.2, 0.25) is 0 Å². The molecular formula is C32H30N4O6. The van der Waals surface area contributed by atoms with Gasteiger partial charge in [0.2, 0.25) is 11.7 Å². The Bertz CT molecular complexity index is 1760. The molecule has 2 aromatic carbocycles. The number of furan rings is 2. The molecule has 1 fully saturated rings. The van der Waals surface area contributed by atoms with Crippen LogP contribution < -0.4 is 10.6 Å². The van der Waals surface area contributed by atoms with Gasteiger partial charge in [0.15, 0.2) is 0 Å². The highest BCUT2D eigenvalue weighted by Crippen LogP contribution is 2.36. The molecule has 1 saturated carbocycles. The number of carboxylic acid groups (broad SMARTS) is 1. The number of nitrogens with zero attached hydrogens (tertiary/aromatic N) is 2. The van der Waals surface area contributed by atoms with Crippen molar-refractivity contribution in [1.82, 2.24) is 14.9 Å². The van der Waals surface area contributed by atoms with Crippen molar-refractivity contribution in [1.29, 1.82) is 0 Å². The lowest BCUT2D eigenvalue weighted by Crippen LogP contribution is -2.41. The predicted molar refractivity (Wildman–Crippen MR) is 156 cm³/mol. The zero-order valence-corrected chi connectivity index (χ0v) is 23.0. The largest absolute Gasteiger partial charge is 0.475 e. The number of carboxylic acids is 1. The van der Waals surface area contributed by atoms with Gasteiger partial charge in [-0.1, -0.05) is 31.4 Å². The first-order valence-corrected chi connectivity index (χ1v) is 14.0. The molecule has 1 aliphatic carbocycles. The van der Waals surface area contributed by atoms with Crippen LogP contribution in [0.15, 0.2) is 82.0 Å². The van der Waals surface area contributed by atoms with Gasteiger partial charge >= 0.3 is 5.97 Å². The molecule has 3 aromatic heterocycles. The van der Waals surface area contributed by atoms with Gasteiger partial charge in [0.05, 0.1) is 28.5 Å². The number of para-hydroxylation sites is 1. The molecule has 10 nitrogen and oxygen atoms in total. The summed E-state index contributed by atoms with van der Waals surface area (Å²) < 4.78 is 13.0. The van der Waals surface area contributed by atoms with E-state index in [1.165, 1.54) is 31.4 Å². The quantitative estimate of drug-likeness (QED) is 0.194. The monoisotopic (exact) mass is 566 g/mol. The number of benzene rings is 2. The van der Waals surface area contributed by atoms with Crippen LogP contribution in [0.3, 0.4) is 0 Å². The van der Waals surface area contributed by atoms with Crippen molar-refractivity contribution in [2.24, 2.45) is 0 Å². The summed E-state index contributed by atoms with van der Waals surface area (Å²) in [7, 11) is 0. The second-order valence-corrected chi connectivity index (χ2v) is 10.5. The molecule has 0 aliphatic heterocycles. The number of aromatic nitrogens is 2. The van der Waals surface area contributed by atoms with Gasteiger partial charge in [-0.15, -0.1) is 0 Å². The van der Waals surface area contributed by atoms with Crippen molar-refractivity contribution in [3.8, 4) is 22.7 Å². The Morgan fingerprint density at radius 1 is 1.02 bits per heavy atom. The van der Waals surface area contributed by atoms with Gasteiger partial charge in [0.1, 0.15) is 23.9 Å². The Kier molecular flexibility index (Phi) is 7.35. The number of nitrogens with one attached hydrogen (secondary N) is 2. The summed E-state index contributed by atoms with van der Waals surface area (Å²) in [6.45, 7) is 1.60. The minimum Gasteiger partial charge on any atom is -0.475 e. The van der Waals surface area contributed by atoms with Crippen LogP contribution in [0.4, 0.5) is 5.69 Å². The number of rotatable bonds is 8. The topological polar surface area (TPSA) is 140 Å². The second-order valence-electron chi connectivity index (χ2n) is 10.5. The first kappa shape index (κ1) is 27.1. The molecule has 6 rings (SSSR count). The first-order valence-electron chi connectivity index (χ1n) is 14.0. The molecule has 2 amide bonds. The number of amides is 2. The van der Waals surface area contributed by atoms with Gasteiger partial charge in [-0.3, -0.25) is 9.59 Å². The van der Waals surface area contributed by atoms with Crippen molar-refractivity contribution in [3.05, 3.63) is 84.5 Å². The molecule has 3 N–H and O–H groups in total. The van der Waals surface area contributed by atoms with Crippen LogP contribution in [-0.4, -0.2) is 38.5 Å². The number of hydrogen-bond donors (Lipinski definition) is 3.